The molecular formula is C15H20N2O. The van der Waals surface area contributed by atoms with Gasteiger partial charge in [0.1, 0.15) is 11.3 Å². The summed E-state index contributed by atoms with van der Waals surface area (Å²) in [5, 5.41) is 4.69. The minimum absolute atomic E-state index is 0.347. The molecule has 96 valence electrons. The Bertz CT molecular complexity index is 546. The Morgan fingerprint density at radius 2 is 2.22 bits per heavy atom. The van der Waals surface area contributed by atoms with Crippen LogP contribution in [0.4, 0.5) is 0 Å². The first kappa shape index (κ1) is 11.8. The zero-order chi connectivity index (χ0) is 12.5. The Labute approximate surface area is 108 Å². The van der Waals surface area contributed by atoms with E-state index in [1.165, 1.54) is 17.4 Å². The fourth-order valence-electron chi connectivity index (χ4n) is 2.67. The van der Waals surface area contributed by atoms with E-state index in [2.05, 4.69) is 48.5 Å². The van der Waals surface area contributed by atoms with Gasteiger partial charge in [-0.25, -0.2) is 0 Å². The first-order chi connectivity index (χ1) is 8.74. The van der Waals surface area contributed by atoms with Gasteiger partial charge in [0, 0.05) is 11.9 Å². The lowest BCUT2D eigenvalue weighted by Crippen LogP contribution is -2.29. The molecule has 0 bridgehead atoms. The lowest BCUT2D eigenvalue weighted by molar-refractivity contribution is 0.233. The third-order valence-electron chi connectivity index (χ3n) is 3.75. The molecule has 1 aliphatic rings. The number of fused-ring (bicyclic) bond motifs is 1. The number of hydrogen-bond donors (Lipinski definition) is 1. The second kappa shape index (κ2) is 4.75. The van der Waals surface area contributed by atoms with Crippen molar-refractivity contribution in [3.05, 3.63) is 35.6 Å². The summed E-state index contributed by atoms with van der Waals surface area (Å²) in [5.41, 5.74) is 2.27. The van der Waals surface area contributed by atoms with Gasteiger partial charge >= 0.3 is 0 Å². The highest BCUT2D eigenvalue weighted by atomic mass is 16.3. The number of rotatable bonds is 1. The Morgan fingerprint density at radius 3 is 3.11 bits per heavy atom. The molecule has 18 heavy (non-hydrogen) atoms. The molecule has 0 aliphatic carbocycles. The standard InChI is InChI=1S/C15H20N2O/c1-11-4-5-14-12(8-11)9-15(18-14)13-10-16-6-3-7-17(13)2/h4-5,8-9,13,16H,3,6-7,10H2,1-2H3. The van der Waals surface area contributed by atoms with Crippen LogP contribution < -0.4 is 5.32 Å². The van der Waals surface area contributed by atoms with Gasteiger partial charge in [0.05, 0.1) is 6.04 Å². The lowest BCUT2D eigenvalue weighted by atomic mass is 10.1. The zero-order valence-corrected chi connectivity index (χ0v) is 11.1. The molecule has 2 heterocycles. The van der Waals surface area contributed by atoms with Gasteiger partial charge in [-0.2, -0.15) is 0 Å². The van der Waals surface area contributed by atoms with E-state index in [1.54, 1.807) is 0 Å². The van der Waals surface area contributed by atoms with Gasteiger partial charge in [-0.15, -0.1) is 0 Å². The summed E-state index contributed by atoms with van der Waals surface area (Å²) < 4.78 is 6.01. The van der Waals surface area contributed by atoms with Crippen molar-refractivity contribution >= 4 is 11.0 Å². The largest absolute Gasteiger partial charge is 0.459 e. The highest BCUT2D eigenvalue weighted by Gasteiger charge is 2.22. The van der Waals surface area contributed by atoms with Crippen molar-refractivity contribution in [1.82, 2.24) is 10.2 Å². The predicted molar refractivity (Wildman–Crippen MR) is 73.8 cm³/mol. The smallest absolute Gasteiger partial charge is 0.134 e. The van der Waals surface area contributed by atoms with Crippen LogP contribution in [0.3, 0.4) is 0 Å². The normalized spacial score (nSPS) is 22.2. The summed E-state index contributed by atoms with van der Waals surface area (Å²) >= 11 is 0. The van der Waals surface area contributed by atoms with Crippen molar-refractivity contribution in [2.45, 2.75) is 19.4 Å². The third kappa shape index (κ3) is 2.16. The molecule has 1 N–H and O–H groups in total. The number of benzene rings is 1. The summed E-state index contributed by atoms with van der Waals surface area (Å²) in [6, 6.07) is 8.89. The van der Waals surface area contributed by atoms with Gasteiger partial charge in [-0.05, 0) is 51.7 Å². The maximum atomic E-state index is 6.01. The van der Waals surface area contributed by atoms with Gasteiger partial charge in [0.2, 0.25) is 0 Å². The van der Waals surface area contributed by atoms with E-state index >= 15 is 0 Å². The quantitative estimate of drug-likeness (QED) is 0.836. The van der Waals surface area contributed by atoms with Gasteiger partial charge in [-0.3, -0.25) is 4.90 Å². The van der Waals surface area contributed by atoms with Crippen LogP contribution in [-0.2, 0) is 0 Å². The van der Waals surface area contributed by atoms with E-state index < -0.39 is 0 Å². The highest BCUT2D eigenvalue weighted by molar-refractivity contribution is 5.78. The van der Waals surface area contributed by atoms with Crippen molar-refractivity contribution < 1.29 is 4.42 Å². The van der Waals surface area contributed by atoms with Gasteiger partial charge in [0.15, 0.2) is 0 Å². The predicted octanol–water partition coefficient (Wildman–Crippen LogP) is 2.71. The maximum absolute atomic E-state index is 6.01. The summed E-state index contributed by atoms with van der Waals surface area (Å²) in [6.07, 6.45) is 1.20. The van der Waals surface area contributed by atoms with E-state index in [1.807, 2.05) is 0 Å². The molecule has 1 aromatic carbocycles. The summed E-state index contributed by atoms with van der Waals surface area (Å²) in [5.74, 6) is 1.08. The van der Waals surface area contributed by atoms with Crippen LogP contribution in [0, 0.1) is 6.92 Å². The molecule has 2 aromatic rings. The average molecular weight is 244 g/mol. The molecule has 1 aliphatic heterocycles. The summed E-state index contributed by atoms with van der Waals surface area (Å²) in [4.78, 5) is 2.38. The number of hydrogen-bond acceptors (Lipinski definition) is 3. The van der Waals surface area contributed by atoms with Crippen molar-refractivity contribution in [3.63, 3.8) is 0 Å². The Morgan fingerprint density at radius 1 is 1.33 bits per heavy atom. The minimum atomic E-state index is 0.347. The number of aryl methyl sites for hydroxylation is 1. The molecular weight excluding hydrogens is 224 g/mol. The number of nitrogens with one attached hydrogen (secondary N) is 1. The van der Waals surface area contributed by atoms with E-state index in [0.717, 1.165) is 31.0 Å². The lowest BCUT2D eigenvalue weighted by Gasteiger charge is -2.23. The topological polar surface area (TPSA) is 28.4 Å². The Balaban J connectivity index is 1.97. The average Bonchev–Trinajstić information content (AvgIpc) is 2.63. The van der Waals surface area contributed by atoms with Crippen LogP contribution >= 0.6 is 0 Å². The minimum Gasteiger partial charge on any atom is -0.459 e. The van der Waals surface area contributed by atoms with Crippen molar-refractivity contribution in [1.29, 1.82) is 0 Å². The van der Waals surface area contributed by atoms with E-state index in [4.69, 9.17) is 4.42 Å². The van der Waals surface area contributed by atoms with Crippen molar-refractivity contribution in [2.75, 3.05) is 26.7 Å². The maximum Gasteiger partial charge on any atom is 0.134 e. The molecule has 3 heteroatoms. The molecule has 1 saturated heterocycles. The van der Waals surface area contributed by atoms with Gasteiger partial charge in [-0.1, -0.05) is 11.6 Å². The Kier molecular flexibility index (Phi) is 3.10. The van der Waals surface area contributed by atoms with Gasteiger partial charge < -0.3 is 9.73 Å². The van der Waals surface area contributed by atoms with Crippen molar-refractivity contribution in [3.8, 4) is 0 Å². The number of likely N-dealkylation sites (N-methyl/N-ethyl adjacent to an activating group) is 1. The van der Waals surface area contributed by atoms with Crippen LogP contribution in [0.5, 0.6) is 0 Å². The SMILES string of the molecule is Cc1ccc2oc(C3CNCCCN3C)cc2c1. The molecule has 0 amide bonds. The van der Waals surface area contributed by atoms with Crippen LogP contribution in [0.25, 0.3) is 11.0 Å². The molecule has 3 nitrogen and oxygen atoms in total. The van der Waals surface area contributed by atoms with Gasteiger partial charge in [0.25, 0.3) is 0 Å². The van der Waals surface area contributed by atoms with E-state index in [0.29, 0.717) is 6.04 Å². The van der Waals surface area contributed by atoms with Crippen molar-refractivity contribution in [2.24, 2.45) is 0 Å². The van der Waals surface area contributed by atoms with E-state index in [9.17, 15) is 0 Å². The summed E-state index contributed by atoms with van der Waals surface area (Å²) in [7, 11) is 2.18. The number of furan rings is 1. The highest BCUT2D eigenvalue weighted by Crippen LogP contribution is 2.28. The van der Waals surface area contributed by atoms with Crippen LogP contribution in [0.15, 0.2) is 28.7 Å². The number of nitrogens with zero attached hydrogens (tertiary/aromatic N) is 1. The first-order valence-corrected chi connectivity index (χ1v) is 6.65. The Hall–Kier alpha value is -1.32. The van der Waals surface area contributed by atoms with E-state index in [-0.39, 0.29) is 0 Å². The fourth-order valence-corrected chi connectivity index (χ4v) is 2.67. The van der Waals surface area contributed by atoms with Crippen LogP contribution in [-0.4, -0.2) is 31.6 Å². The zero-order valence-electron chi connectivity index (χ0n) is 11.1. The second-order valence-electron chi connectivity index (χ2n) is 5.24. The fraction of sp³-hybridized carbons (Fsp3) is 0.467. The second-order valence-corrected chi connectivity index (χ2v) is 5.24. The molecule has 0 spiro atoms. The molecule has 1 aromatic heterocycles. The molecule has 0 saturated carbocycles. The monoisotopic (exact) mass is 244 g/mol. The van der Waals surface area contributed by atoms with Crippen LogP contribution in [0.1, 0.15) is 23.8 Å². The molecule has 1 unspecified atom stereocenters. The summed E-state index contributed by atoms with van der Waals surface area (Å²) in [6.45, 7) is 5.30. The third-order valence-corrected chi connectivity index (χ3v) is 3.75. The molecule has 0 radical (unpaired) electrons. The molecule has 1 atom stereocenters. The first-order valence-electron chi connectivity index (χ1n) is 6.65. The molecule has 3 rings (SSSR count). The van der Waals surface area contributed by atoms with Crippen LogP contribution in [0.2, 0.25) is 0 Å². The molecule has 1 fully saturated rings.